The molecule has 2 amide bonds. The number of carbonyl (C=O) groups is 2. The van der Waals surface area contributed by atoms with E-state index in [4.69, 9.17) is 4.52 Å². The Labute approximate surface area is 160 Å². The van der Waals surface area contributed by atoms with Crippen molar-refractivity contribution < 1.29 is 14.1 Å². The van der Waals surface area contributed by atoms with Crippen LogP contribution in [0.15, 0.2) is 28.8 Å². The molecule has 2 heterocycles. The normalized spacial score (nSPS) is 10.7. The van der Waals surface area contributed by atoms with Gasteiger partial charge in [0.15, 0.2) is 5.69 Å². The minimum absolute atomic E-state index is 0.192. The van der Waals surface area contributed by atoms with Gasteiger partial charge in [-0.1, -0.05) is 11.2 Å². The van der Waals surface area contributed by atoms with E-state index in [0.29, 0.717) is 23.6 Å². The van der Waals surface area contributed by atoms with Crippen LogP contribution < -0.4 is 10.6 Å². The highest BCUT2D eigenvalue weighted by molar-refractivity contribution is 7.11. The summed E-state index contributed by atoms with van der Waals surface area (Å²) >= 11 is 1.57. The third kappa shape index (κ3) is 4.40. The largest absolute Gasteiger partial charge is 0.361 e. The summed E-state index contributed by atoms with van der Waals surface area (Å²) in [5.74, 6) is -0.0462. The number of hydrogen-bond acceptors (Lipinski definition) is 6. The molecule has 2 aromatic heterocycles. The Morgan fingerprint density at radius 3 is 2.52 bits per heavy atom. The van der Waals surface area contributed by atoms with E-state index in [1.54, 1.807) is 42.5 Å². The molecule has 0 saturated carbocycles. The highest BCUT2D eigenvalue weighted by Crippen LogP contribution is 2.19. The van der Waals surface area contributed by atoms with Gasteiger partial charge < -0.3 is 15.2 Å². The monoisotopic (exact) mass is 384 g/mol. The fourth-order valence-corrected chi connectivity index (χ4v) is 3.43. The summed E-state index contributed by atoms with van der Waals surface area (Å²) in [6.45, 7) is 7.86. The number of carbonyl (C=O) groups excluding carboxylic acids is 2. The molecule has 3 aromatic rings. The van der Waals surface area contributed by atoms with Crippen molar-refractivity contribution >= 4 is 28.8 Å². The molecule has 0 fully saturated rings. The molecule has 0 atom stereocenters. The number of aryl methyl sites for hydroxylation is 4. The molecule has 0 bridgehead atoms. The second-order valence-electron chi connectivity index (χ2n) is 6.23. The molecule has 1 aromatic carbocycles. The molecule has 0 aliphatic heterocycles. The molecule has 0 radical (unpaired) electrons. The lowest BCUT2D eigenvalue weighted by Gasteiger charge is -2.10. The van der Waals surface area contributed by atoms with E-state index < -0.39 is 0 Å². The molecule has 2 N–H and O–H groups in total. The minimum Gasteiger partial charge on any atom is -0.361 e. The van der Waals surface area contributed by atoms with E-state index >= 15 is 0 Å². The summed E-state index contributed by atoms with van der Waals surface area (Å²) in [6.07, 6.45) is 0. The molecule has 0 aliphatic rings. The van der Waals surface area contributed by atoms with Crippen LogP contribution in [0.2, 0.25) is 0 Å². The number of nitrogens with zero attached hydrogens (tertiary/aromatic N) is 2. The van der Waals surface area contributed by atoms with Crippen molar-refractivity contribution in [1.29, 1.82) is 0 Å². The Hall–Kier alpha value is -3.00. The summed E-state index contributed by atoms with van der Waals surface area (Å²) in [6, 6.07) is 6.73. The Kier molecular flexibility index (Phi) is 5.36. The van der Waals surface area contributed by atoms with Crippen molar-refractivity contribution in [3.63, 3.8) is 0 Å². The third-order valence-electron chi connectivity index (χ3n) is 4.02. The third-order valence-corrected chi connectivity index (χ3v) is 5.09. The molecule has 0 aliphatic carbocycles. The maximum atomic E-state index is 12.5. The van der Waals surface area contributed by atoms with Crippen LogP contribution in [0.1, 0.15) is 47.7 Å². The summed E-state index contributed by atoms with van der Waals surface area (Å²) in [4.78, 5) is 30.2. The van der Waals surface area contributed by atoms with Gasteiger partial charge in [-0.25, -0.2) is 4.98 Å². The predicted octanol–water partition coefficient (Wildman–Crippen LogP) is 3.55. The predicted molar refractivity (Wildman–Crippen MR) is 103 cm³/mol. The van der Waals surface area contributed by atoms with Gasteiger partial charge in [-0.05, 0) is 45.4 Å². The fourth-order valence-electron chi connectivity index (χ4n) is 2.56. The summed E-state index contributed by atoms with van der Waals surface area (Å²) in [7, 11) is 0. The summed E-state index contributed by atoms with van der Waals surface area (Å²) in [5.41, 5.74) is 2.98. The molecule has 8 heteroatoms. The van der Waals surface area contributed by atoms with Crippen LogP contribution in [0.5, 0.6) is 0 Å². The smallest absolute Gasteiger partial charge is 0.277 e. The van der Waals surface area contributed by atoms with Crippen LogP contribution in [-0.2, 0) is 6.54 Å². The van der Waals surface area contributed by atoms with E-state index in [1.807, 2.05) is 20.8 Å². The molecule has 0 saturated heterocycles. The first-order valence-corrected chi connectivity index (χ1v) is 9.21. The van der Waals surface area contributed by atoms with Crippen LogP contribution in [-0.4, -0.2) is 22.0 Å². The molecule has 27 heavy (non-hydrogen) atoms. The van der Waals surface area contributed by atoms with Crippen LogP contribution >= 0.6 is 11.3 Å². The van der Waals surface area contributed by atoms with Gasteiger partial charge in [0.2, 0.25) is 0 Å². The lowest BCUT2D eigenvalue weighted by molar-refractivity contribution is 0.0949. The second kappa shape index (κ2) is 7.71. The minimum atomic E-state index is -0.386. The number of anilines is 1. The average molecular weight is 384 g/mol. The van der Waals surface area contributed by atoms with Crippen LogP contribution in [0, 0.1) is 27.7 Å². The van der Waals surface area contributed by atoms with Gasteiger partial charge in [-0.2, -0.15) is 0 Å². The molecular weight excluding hydrogens is 364 g/mol. The topological polar surface area (TPSA) is 97.1 Å². The Bertz CT molecular complexity index is 1010. The summed E-state index contributed by atoms with van der Waals surface area (Å²) < 4.78 is 4.92. The SMILES string of the molecule is Cc1cc(C(=O)Nc2cc(C(=O)NCc3sc(C)nc3C)ccc2C)no1. The first kappa shape index (κ1) is 18.8. The van der Waals surface area contributed by atoms with Gasteiger partial charge >= 0.3 is 0 Å². The molecule has 0 unspecified atom stereocenters. The van der Waals surface area contributed by atoms with Gasteiger partial charge in [-0.3, -0.25) is 9.59 Å². The van der Waals surface area contributed by atoms with Gasteiger partial charge in [0, 0.05) is 22.2 Å². The van der Waals surface area contributed by atoms with E-state index in [0.717, 1.165) is 21.1 Å². The average Bonchev–Trinajstić information content (AvgIpc) is 3.19. The molecule has 7 nitrogen and oxygen atoms in total. The van der Waals surface area contributed by atoms with Crippen LogP contribution in [0.4, 0.5) is 5.69 Å². The van der Waals surface area contributed by atoms with E-state index in [1.165, 1.54) is 0 Å². The van der Waals surface area contributed by atoms with Crippen molar-refractivity contribution in [1.82, 2.24) is 15.5 Å². The van der Waals surface area contributed by atoms with Gasteiger partial charge in [0.1, 0.15) is 5.76 Å². The van der Waals surface area contributed by atoms with E-state index in [-0.39, 0.29) is 17.5 Å². The molecular formula is C19H20N4O3S. The lowest BCUT2D eigenvalue weighted by Crippen LogP contribution is -2.23. The zero-order chi connectivity index (χ0) is 19.6. The number of amides is 2. The summed E-state index contributed by atoms with van der Waals surface area (Å²) in [5, 5.41) is 10.3. The maximum Gasteiger partial charge on any atom is 0.277 e. The number of benzene rings is 1. The van der Waals surface area contributed by atoms with Crippen molar-refractivity contribution in [2.45, 2.75) is 34.2 Å². The van der Waals surface area contributed by atoms with Gasteiger partial charge in [0.25, 0.3) is 11.8 Å². The first-order valence-electron chi connectivity index (χ1n) is 8.40. The van der Waals surface area contributed by atoms with E-state index in [2.05, 4.69) is 20.8 Å². The van der Waals surface area contributed by atoms with Crippen molar-refractivity contribution in [3.8, 4) is 0 Å². The van der Waals surface area contributed by atoms with Crippen LogP contribution in [0.25, 0.3) is 0 Å². The van der Waals surface area contributed by atoms with E-state index in [9.17, 15) is 9.59 Å². The van der Waals surface area contributed by atoms with Crippen LogP contribution in [0.3, 0.4) is 0 Å². The zero-order valence-corrected chi connectivity index (χ0v) is 16.4. The molecule has 140 valence electrons. The number of aromatic nitrogens is 2. The lowest BCUT2D eigenvalue weighted by atomic mass is 10.1. The zero-order valence-electron chi connectivity index (χ0n) is 15.5. The molecule has 3 rings (SSSR count). The molecule has 0 spiro atoms. The number of thiazole rings is 1. The Balaban J connectivity index is 1.71. The highest BCUT2D eigenvalue weighted by Gasteiger charge is 2.15. The highest BCUT2D eigenvalue weighted by atomic mass is 32.1. The Morgan fingerprint density at radius 1 is 1.11 bits per heavy atom. The van der Waals surface area contributed by atoms with Gasteiger partial charge in [-0.15, -0.1) is 11.3 Å². The van der Waals surface area contributed by atoms with Crippen molar-refractivity contribution in [2.24, 2.45) is 0 Å². The van der Waals surface area contributed by atoms with Crippen molar-refractivity contribution in [3.05, 3.63) is 62.4 Å². The standard InChI is InChI=1S/C19H20N4O3S/c1-10-5-6-14(18(24)20-9-17-12(3)21-13(4)27-17)8-15(10)22-19(25)16-7-11(2)26-23-16/h5-8H,9H2,1-4H3,(H,20,24)(H,22,25). The second-order valence-corrected chi connectivity index (χ2v) is 7.52. The number of hydrogen-bond donors (Lipinski definition) is 2. The fraction of sp³-hybridized carbons (Fsp3) is 0.263. The first-order chi connectivity index (χ1) is 12.8. The quantitative estimate of drug-likeness (QED) is 0.701. The maximum absolute atomic E-state index is 12.5. The van der Waals surface area contributed by atoms with Gasteiger partial charge in [0.05, 0.1) is 17.2 Å². The van der Waals surface area contributed by atoms with Crippen molar-refractivity contribution in [2.75, 3.05) is 5.32 Å². The number of nitrogens with one attached hydrogen (secondary N) is 2. The Morgan fingerprint density at radius 2 is 1.89 bits per heavy atom. The number of rotatable bonds is 5.